The number of rotatable bonds is 4. The van der Waals surface area contributed by atoms with E-state index in [1.54, 1.807) is 0 Å². The predicted octanol–water partition coefficient (Wildman–Crippen LogP) is 2.04. The van der Waals surface area contributed by atoms with Gasteiger partial charge in [0.1, 0.15) is 0 Å². The van der Waals surface area contributed by atoms with Crippen LogP contribution in [0.3, 0.4) is 0 Å². The lowest BCUT2D eigenvalue weighted by molar-refractivity contribution is 0.452. The van der Waals surface area contributed by atoms with Crippen molar-refractivity contribution in [2.45, 2.75) is 18.4 Å². The van der Waals surface area contributed by atoms with Crippen LogP contribution >= 0.6 is 0 Å². The van der Waals surface area contributed by atoms with Crippen LogP contribution in [0.2, 0.25) is 0 Å². The summed E-state index contributed by atoms with van der Waals surface area (Å²) in [4.78, 5) is 0. The SMILES string of the molecule is C=CCC1(CC=C)C=CCN1. The lowest BCUT2D eigenvalue weighted by Gasteiger charge is -2.25. The zero-order valence-corrected chi connectivity index (χ0v) is 6.84. The van der Waals surface area contributed by atoms with E-state index < -0.39 is 0 Å². The topological polar surface area (TPSA) is 12.0 Å². The molecule has 0 spiro atoms. The van der Waals surface area contributed by atoms with Crippen molar-refractivity contribution < 1.29 is 0 Å². The van der Waals surface area contributed by atoms with Gasteiger partial charge < -0.3 is 5.32 Å². The third-order valence-corrected chi connectivity index (χ3v) is 2.03. The van der Waals surface area contributed by atoms with Crippen LogP contribution in [0, 0.1) is 0 Å². The Hall–Kier alpha value is -0.820. The summed E-state index contributed by atoms with van der Waals surface area (Å²) in [6.07, 6.45) is 10.2. The Morgan fingerprint density at radius 2 is 2.00 bits per heavy atom. The summed E-state index contributed by atoms with van der Waals surface area (Å²) < 4.78 is 0. The molecule has 1 nitrogen and oxygen atoms in total. The maximum Gasteiger partial charge on any atom is 0.0436 e. The highest BCUT2D eigenvalue weighted by molar-refractivity contribution is 5.17. The van der Waals surface area contributed by atoms with Crippen LogP contribution in [0.25, 0.3) is 0 Å². The highest BCUT2D eigenvalue weighted by atomic mass is 15.0. The fourth-order valence-electron chi connectivity index (χ4n) is 1.48. The minimum absolute atomic E-state index is 0.128. The Labute approximate surface area is 68.5 Å². The third kappa shape index (κ3) is 1.81. The molecule has 0 bridgehead atoms. The summed E-state index contributed by atoms with van der Waals surface area (Å²) in [5, 5.41) is 3.42. The first-order valence-corrected chi connectivity index (χ1v) is 3.97. The van der Waals surface area contributed by atoms with Gasteiger partial charge in [-0.2, -0.15) is 0 Å². The maximum atomic E-state index is 3.74. The van der Waals surface area contributed by atoms with Gasteiger partial charge in [-0.15, -0.1) is 13.2 Å². The van der Waals surface area contributed by atoms with Crippen molar-refractivity contribution >= 4 is 0 Å². The van der Waals surface area contributed by atoms with E-state index in [0.29, 0.717) is 0 Å². The van der Waals surface area contributed by atoms with E-state index >= 15 is 0 Å². The van der Waals surface area contributed by atoms with Gasteiger partial charge in [0.2, 0.25) is 0 Å². The average molecular weight is 149 g/mol. The average Bonchev–Trinajstić information content (AvgIpc) is 2.39. The molecule has 1 rings (SSSR count). The Balaban J connectivity index is 2.61. The monoisotopic (exact) mass is 149 g/mol. The summed E-state index contributed by atoms with van der Waals surface area (Å²) >= 11 is 0. The van der Waals surface area contributed by atoms with Gasteiger partial charge in [-0.1, -0.05) is 24.3 Å². The first-order valence-electron chi connectivity index (χ1n) is 3.97. The Morgan fingerprint density at radius 1 is 1.36 bits per heavy atom. The van der Waals surface area contributed by atoms with E-state index in [1.807, 2.05) is 12.2 Å². The number of hydrogen-bond donors (Lipinski definition) is 1. The van der Waals surface area contributed by atoms with Crippen molar-refractivity contribution in [1.82, 2.24) is 5.32 Å². The molecular formula is C10H15N. The van der Waals surface area contributed by atoms with E-state index in [9.17, 15) is 0 Å². The minimum Gasteiger partial charge on any atom is -0.304 e. The van der Waals surface area contributed by atoms with Crippen molar-refractivity contribution in [3.8, 4) is 0 Å². The Bertz CT molecular complexity index is 169. The van der Waals surface area contributed by atoms with Gasteiger partial charge in [0, 0.05) is 12.1 Å². The molecule has 0 unspecified atom stereocenters. The van der Waals surface area contributed by atoms with Gasteiger partial charge in [-0.3, -0.25) is 0 Å². The number of nitrogens with one attached hydrogen (secondary N) is 1. The van der Waals surface area contributed by atoms with Crippen LogP contribution in [-0.4, -0.2) is 12.1 Å². The summed E-state index contributed by atoms with van der Waals surface area (Å²) in [5.74, 6) is 0. The molecule has 11 heavy (non-hydrogen) atoms. The normalized spacial score (nSPS) is 20.0. The van der Waals surface area contributed by atoms with Crippen molar-refractivity contribution in [1.29, 1.82) is 0 Å². The first-order chi connectivity index (χ1) is 5.33. The molecule has 0 fully saturated rings. The lowest BCUT2D eigenvalue weighted by Crippen LogP contribution is -2.38. The summed E-state index contributed by atoms with van der Waals surface area (Å²) in [6, 6.07) is 0. The molecule has 0 aromatic carbocycles. The summed E-state index contributed by atoms with van der Waals surface area (Å²) in [5.41, 5.74) is 0.128. The molecule has 60 valence electrons. The van der Waals surface area contributed by atoms with Gasteiger partial charge in [-0.25, -0.2) is 0 Å². The smallest absolute Gasteiger partial charge is 0.0436 e. The van der Waals surface area contributed by atoms with Gasteiger partial charge in [0.25, 0.3) is 0 Å². The quantitative estimate of drug-likeness (QED) is 0.603. The minimum atomic E-state index is 0.128. The number of hydrogen-bond acceptors (Lipinski definition) is 1. The molecule has 0 atom stereocenters. The highest BCUT2D eigenvalue weighted by Gasteiger charge is 2.25. The van der Waals surface area contributed by atoms with Crippen molar-refractivity contribution in [2.24, 2.45) is 0 Å². The van der Waals surface area contributed by atoms with Gasteiger partial charge in [0.05, 0.1) is 0 Å². The zero-order chi connectivity index (χ0) is 8.16. The molecule has 1 aliphatic rings. The van der Waals surface area contributed by atoms with Crippen molar-refractivity contribution in [3.63, 3.8) is 0 Å². The van der Waals surface area contributed by atoms with Crippen LogP contribution in [0.5, 0.6) is 0 Å². The molecule has 1 heterocycles. The molecular weight excluding hydrogens is 134 g/mol. The molecule has 0 amide bonds. The lowest BCUT2D eigenvalue weighted by atomic mass is 9.93. The third-order valence-electron chi connectivity index (χ3n) is 2.03. The Morgan fingerprint density at radius 3 is 2.36 bits per heavy atom. The van der Waals surface area contributed by atoms with E-state index in [0.717, 1.165) is 19.4 Å². The van der Waals surface area contributed by atoms with Crippen molar-refractivity contribution in [2.75, 3.05) is 6.54 Å². The molecule has 0 radical (unpaired) electrons. The molecule has 0 aromatic rings. The Kier molecular flexibility index (Phi) is 2.66. The standard InChI is InChI=1S/C10H15N/c1-3-6-10(7-4-2)8-5-9-11-10/h3-5,8,11H,1-2,6-7,9H2. The van der Waals surface area contributed by atoms with Gasteiger partial charge >= 0.3 is 0 Å². The molecule has 1 aliphatic heterocycles. The van der Waals surface area contributed by atoms with E-state index in [-0.39, 0.29) is 5.54 Å². The molecule has 0 aromatic heterocycles. The molecule has 1 N–H and O–H groups in total. The zero-order valence-electron chi connectivity index (χ0n) is 6.84. The largest absolute Gasteiger partial charge is 0.304 e. The molecule has 0 saturated heterocycles. The van der Waals surface area contributed by atoms with Gasteiger partial charge in [-0.05, 0) is 12.8 Å². The van der Waals surface area contributed by atoms with Crippen LogP contribution in [0.1, 0.15) is 12.8 Å². The van der Waals surface area contributed by atoms with Crippen LogP contribution < -0.4 is 5.32 Å². The second-order valence-electron chi connectivity index (χ2n) is 2.93. The molecule has 1 heteroatoms. The summed E-state index contributed by atoms with van der Waals surface area (Å²) in [6.45, 7) is 8.46. The van der Waals surface area contributed by atoms with Gasteiger partial charge in [0.15, 0.2) is 0 Å². The van der Waals surface area contributed by atoms with Crippen LogP contribution in [0.15, 0.2) is 37.5 Å². The first kappa shape index (κ1) is 8.28. The van der Waals surface area contributed by atoms with Crippen molar-refractivity contribution in [3.05, 3.63) is 37.5 Å². The van der Waals surface area contributed by atoms with E-state index in [2.05, 4.69) is 30.6 Å². The van der Waals surface area contributed by atoms with E-state index in [4.69, 9.17) is 0 Å². The maximum absolute atomic E-state index is 3.74. The fourth-order valence-corrected chi connectivity index (χ4v) is 1.48. The van der Waals surface area contributed by atoms with Crippen LogP contribution in [-0.2, 0) is 0 Å². The second kappa shape index (κ2) is 3.54. The fraction of sp³-hybridized carbons (Fsp3) is 0.400. The second-order valence-corrected chi connectivity index (χ2v) is 2.93. The van der Waals surface area contributed by atoms with Crippen LogP contribution in [0.4, 0.5) is 0 Å². The summed E-state index contributed by atoms with van der Waals surface area (Å²) in [7, 11) is 0. The van der Waals surface area contributed by atoms with E-state index in [1.165, 1.54) is 0 Å². The molecule has 0 aliphatic carbocycles. The highest BCUT2D eigenvalue weighted by Crippen LogP contribution is 2.21. The predicted molar refractivity (Wildman–Crippen MR) is 49.5 cm³/mol. The molecule has 0 saturated carbocycles.